The second-order valence-electron chi connectivity index (χ2n) is 7.11. The number of benzene rings is 3. The van der Waals surface area contributed by atoms with Crippen molar-refractivity contribution in [3.8, 4) is 17.0 Å². The molecule has 1 heterocycles. The number of nitrogens with one attached hydrogen (secondary N) is 1. The number of aromatic nitrogens is 2. The van der Waals surface area contributed by atoms with E-state index in [1.54, 1.807) is 18.3 Å². The van der Waals surface area contributed by atoms with Gasteiger partial charge in [-0.1, -0.05) is 54.6 Å². The number of imidazole rings is 1. The Hall–Kier alpha value is -4.13. The van der Waals surface area contributed by atoms with Crippen LogP contribution in [0.15, 0.2) is 85.1 Å². The van der Waals surface area contributed by atoms with Crippen LogP contribution in [0.1, 0.15) is 11.1 Å². The zero-order valence-corrected chi connectivity index (χ0v) is 17.1. The summed E-state index contributed by atoms with van der Waals surface area (Å²) >= 11 is 0. The molecule has 0 atom stereocenters. The van der Waals surface area contributed by atoms with Crippen LogP contribution in [0.2, 0.25) is 0 Å². The molecular formula is C24H22N4O3. The molecule has 0 saturated carbocycles. The van der Waals surface area contributed by atoms with Crippen molar-refractivity contribution >= 4 is 11.6 Å². The van der Waals surface area contributed by atoms with Gasteiger partial charge in [0.25, 0.3) is 5.69 Å². The van der Waals surface area contributed by atoms with E-state index >= 15 is 0 Å². The van der Waals surface area contributed by atoms with Crippen LogP contribution in [0.5, 0.6) is 5.75 Å². The Morgan fingerprint density at radius 2 is 1.77 bits per heavy atom. The van der Waals surface area contributed by atoms with Crippen molar-refractivity contribution in [1.29, 1.82) is 0 Å². The molecule has 0 bridgehead atoms. The number of rotatable bonds is 8. The summed E-state index contributed by atoms with van der Waals surface area (Å²) in [6, 6.07) is 24.5. The molecule has 0 radical (unpaired) electrons. The molecule has 7 nitrogen and oxygen atoms in total. The molecule has 1 aromatic heterocycles. The highest BCUT2D eigenvalue weighted by molar-refractivity contribution is 5.64. The van der Waals surface area contributed by atoms with E-state index in [1.807, 2.05) is 72.3 Å². The molecular weight excluding hydrogens is 392 g/mol. The number of nitrogens with zero attached hydrogens (tertiary/aromatic N) is 3. The van der Waals surface area contributed by atoms with Crippen molar-refractivity contribution in [2.45, 2.75) is 13.2 Å². The lowest BCUT2D eigenvalue weighted by molar-refractivity contribution is -0.384. The van der Waals surface area contributed by atoms with Gasteiger partial charge in [0.15, 0.2) is 0 Å². The molecule has 0 fully saturated rings. The van der Waals surface area contributed by atoms with E-state index in [0.29, 0.717) is 19.1 Å². The molecule has 4 aromatic rings. The van der Waals surface area contributed by atoms with Gasteiger partial charge in [0.05, 0.1) is 16.8 Å². The third kappa shape index (κ3) is 4.90. The van der Waals surface area contributed by atoms with Gasteiger partial charge < -0.3 is 14.6 Å². The summed E-state index contributed by atoms with van der Waals surface area (Å²) in [6.45, 7) is 1.13. The van der Waals surface area contributed by atoms with Crippen molar-refractivity contribution in [2.24, 2.45) is 7.05 Å². The highest BCUT2D eigenvalue weighted by Crippen LogP contribution is 2.25. The normalized spacial score (nSPS) is 10.6. The van der Waals surface area contributed by atoms with Crippen molar-refractivity contribution in [1.82, 2.24) is 9.55 Å². The molecule has 4 rings (SSSR count). The first kappa shape index (κ1) is 20.2. The maximum Gasteiger partial charge on any atom is 0.270 e. The Labute approximate surface area is 180 Å². The topological polar surface area (TPSA) is 82.2 Å². The summed E-state index contributed by atoms with van der Waals surface area (Å²) in [6.07, 6.45) is 1.71. The lowest BCUT2D eigenvalue weighted by atomic mass is 10.1. The third-order valence-electron chi connectivity index (χ3n) is 4.96. The number of hydrogen-bond donors (Lipinski definition) is 1. The van der Waals surface area contributed by atoms with Crippen LogP contribution >= 0.6 is 0 Å². The van der Waals surface area contributed by atoms with Gasteiger partial charge in [-0.25, -0.2) is 4.98 Å². The molecule has 0 aliphatic carbocycles. The maximum absolute atomic E-state index is 11.0. The van der Waals surface area contributed by atoms with E-state index in [2.05, 4.69) is 10.3 Å². The quantitative estimate of drug-likeness (QED) is 0.317. The molecule has 0 spiro atoms. The molecule has 0 saturated heterocycles. The van der Waals surface area contributed by atoms with Crippen LogP contribution in [0, 0.1) is 10.1 Å². The number of anilines is 1. The van der Waals surface area contributed by atoms with Gasteiger partial charge in [0, 0.05) is 31.3 Å². The second-order valence-corrected chi connectivity index (χ2v) is 7.11. The SMILES string of the molecule is Cn1c(-c2cccc([N+](=O)[O-])c2)cnc1NCc1ccc(OCc2ccccc2)cc1. The fraction of sp³-hybridized carbons (Fsp3) is 0.125. The largest absolute Gasteiger partial charge is 0.489 e. The second kappa shape index (κ2) is 9.13. The van der Waals surface area contributed by atoms with Crippen LogP contribution in [0.4, 0.5) is 11.6 Å². The summed E-state index contributed by atoms with van der Waals surface area (Å²) in [7, 11) is 1.88. The first-order valence-electron chi connectivity index (χ1n) is 9.86. The maximum atomic E-state index is 11.0. The predicted molar refractivity (Wildman–Crippen MR) is 120 cm³/mol. The van der Waals surface area contributed by atoms with E-state index < -0.39 is 4.92 Å². The summed E-state index contributed by atoms with van der Waals surface area (Å²) in [5.74, 6) is 1.50. The number of nitro groups is 1. The van der Waals surface area contributed by atoms with Crippen molar-refractivity contribution in [2.75, 3.05) is 5.32 Å². The average molecular weight is 414 g/mol. The van der Waals surface area contributed by atoms with Crippen LogP contribution in [0.25, 0.3) is 11.3 Å². The van der Waals surface area contributed by atoms with E-state index in [-0.39, 0.29) is 5.69 Å². The summed E-state index contributed by atoms with van der Waals surface area (Å²) in [5.41, 5.74) is 3.82. The third-order valence-corrected chi connectivity index (χ3v) is 4.96. The van der Waals surface area contributed by atoms with Crippen molar-refractivity contribution in [3.63, 3.8) is 0 Å². The number of hydrogen-bond acceptors (Lipinski definition) is 5. The fourth-order valence-corrected chi connectivity index (χ4v) is 3.25. The van der Waals surface area contributed by atoms with Crippen molar-refractivity contribution < 1.29 is 9.66 Å². The van der Waals surface area contributed by atoms with Gasteiger partial charge in [-0.15, -0.1) is 0 Å². The van der Waals surface area contributed by atoms with Gasteiger partial charge >= 0.3 is 0 Å². The van der Waals surface area contributed by atoms with E-state index in [9.17, 15) is 10.1 Å². The Kier molecular flexibility index (Phi) is 5.93. The smallest absolute Gasteiger partial charge is 0.270 e. The van der Waals surface area contributed by atoms with Gasteiger partial charge in [-0.3, -0.25) is 10.1 Å². The summed E-state index contributed by atoms with van der Waals surface area (Å²) in [5, 5.41) is 14.3. The number of non-ortho nitro benzene ring substituents is 1. The number of nitro benzene ring substituents is 1. The van der Waals surface area contributed by atoms with E-state index in [4.69, 9.17) is 4.74 Å². The molecule has 7 heteroatoms. The highest BCUT2D eigenvalue weighted by Gasteiger charge is 2.12. The Morgan fingerprint density at radius 1 is 1.00 bits per heavy atom. The minimum Gasteiger partial charge on any atom is -0.489 e. The standard InChI is InChI=1S/C24H22N4O3/c1-27-23(20-8-5-9-21(14-20)28(29)30)16-26-24(27)25-15-18-10-12-22(13-11-18)31-17-19-6-3-2-4-7-19/h2-14,16H,15,17H2,1H3,(H,25,26). The first-order valence-corrected chi connectivity index (χ1v) is 9.86. The summed E-state index contributed by atoms with van der Waals surface area (Å²) < 4.78 is 7.71. The van der Waals surface area contributed by atoms with Gasteiger partial charge in [0.1, 0.15) is 12.4 Å². The molecule has 1 N–H and O–H groups in total. The number of ether oxygens (including phenoxy) is 1. The van der Waals surface area contributed by atoms with Crippen LogP contribution in [-0.2, 0) is 20.2 Å². The van der Waals surface area contributed by atoms with Crippen LogP contribution < -0.4 is 10.1 Å². The van der Waals surface area contributed by atoms with Crippen molar-refractivity contribution in [3.05, 3.63) is 106 Å². The van der Waals surface area contributed by atoms with Gasteiger partial charge in [-0.05, 0) is 23.3 Å². The molecule has 0 aliphatic heterocycles. The Balaban J connectivity index is 1.37. The van der Waals surface area contributed by atoms with Gasteiger partial charge in [0.2, 0.25) is 5.95 Å². The minimum atomic E-state index is -0.397. The highest BCUT2D eigenvalue weighted by atomic mass is 16.6. The molecule has 0 unspecified atom stereocenters. The lowest BCUT2D eigenvalue weighted by Crippen LogP contribution is -2.05. The predicted octanol–water partition coefficient (Wildman–Crippen LogP) is 5.19. The molecule has 31 heavy (non-hydrogen) atoms. The Bertz CT molecular complexity index is 1170. The minimum absolute atomic E-state index is 0.0581. The molecule has 3 aromatic carbocycles. The fourth-order valence-electron chi connectivity index (χ4n) is 3.25. The molecule has 0 amide bonds. The lowest BCUT2D eigenvalue weighted by Gasteiger charge is -2.10. The molecule has 156 valence electrons. The van der Waals surface area contributed by atoms with E-state index in [0.717, 1.165) is 28.1 Å². The monoisotopic (exact) mass is 414 g/mol. The Morgan fingerprint density at radius 3 is 2.52 bits per heavy atom. The van der Waals surface area contributed by atoms with Crippen LogP contribution in [0.3, 0.4) is 0 Å². The average Bonchev–Trinajstić information content (AvgIpc) is 3.18. The van der Waals surface area contributed by atoms with E-state index in [1.165, 1.54) is 6.07 Å². The van der Waals surface area contributed by atoms with Crippen LogP contribution in [-0.4, -0.2) is 14.5 Å². The molecule has 0 aliphatic rings. The van der Waals surface area contributed by atoms with Gasteiger partial charge in [-0.2, -0.15) is 0 Å². The zero-order chi connectivity index (χ0) is 21.6. The summed E-state index contributed by atoms with van der Waals surface area (Å²) in [4.78, 5) is 15.1. The zero-order valence-electron chi connectivity index (χ0n) is 17.1. The first-order chi connectivity index (χ1) is 15.1.